The predicted octanol–water partition coefficient (Wildman–Crippen LogP) is 4.46. The molecular formula is C23H24N2O4. The van der Waals surface area contributed by atoms with E-state index in [1.54, 1.807) is 6.07 Å². The summed E-state index contributed by atoms with van der Waals surface area (Å²) >= 11 is 0. The molecule has 0 aromatic heterocycles. The highest BCUT2D eigenvalue weighted by atomic mass is 16.7. The molecule has 6 nitrogen and oxygen atoms in total. The zero-order chi connectivity index (χ0) is 20.4. The Hall–Kier alpha value is -3.33. The van der Waals surface area contributed by atoms with Crippen molar-refractivity contribution in [3.8, 4) is 29.1 Å². The smallest absolute Gasteiger partial charge is 0.231 e. The highest BCUT2D eigenvalue weighted by Crippen LogP contribution is 2.46. The number of nitriles is 1. The van der Waals surface area contributed by atoms with Gasteiger partial charge in [-0.15, -0.1) is 0 Å². The van der Waals surface area contributed by atoms with E-state index in [0.717, 1.165) is 42.4 Å². The number of hydrogen-bond donors (Lipinski definition) is 2. The number of aryl methyl sites for hydroxylation is 1. The lowest BCUT2D eigenvalue weighted by Gasteiger charge is -2.27. The van der Waals surface area contributed by atoms with E-state index in [0.29, 0.717) is 22.8 Å². The van der Waals surface area contributed by atoms with Crippen molar-refractivity contribution < 1.29 is 19.3 Å². The average molecular weight is 392 g/mol. The fourth-order valence-corrected chi connectivity index (χ4v) is 3.92. The number of hydrogen-bond acceptors (Lipinski definition) is 6. The summed E-state index contributed by atoms with van der Waals surface area (Å²) < 4.78 is 16.6. The van der Waals surface area contributed by atoms with Crippen molar-refractivity contribution in [3.05, 3.63) is 58.5 Å². The standard InChI is InChI=1S/C23H24N2O4/c1-2-3-4-5-6-14-9-16-20(11-18(14)26)29-23(25)17(12-24)22(16)15-7-8-19-21(10-15)28-13-27-19/h7-11,22,26H,2-6,13,25H2,1H3/t22-/m0/s1. The van der Waals surface area contributed by atoms with Crippen LogP contribution in [0.5, 0.6) is 23.0 Å². The van der Waals surface area contributed by atoms with E-state index < -0.39 is 5.92 Å². The minimum absolute atomic E-state index is 0.0535. The van der Waals surface area contributed by atoms with Gasteiger partial charge in [0.05, 0.1) is 5.92 Å². The molecule has 0 saturated heterocycles. The van der Waals surface area contributed by atoms with E-state index in [1.165, 1.54) is 6.42 Å². The average Bonchev–Trinajstić information content (AvgIpc) is 3.18. The number of nitrogens with two attached hydrogens (primary N) is 1. The second-order valence-electron chi connectivity index (χ2n) is 7.37. The molecule has 1 atom stereocenters. The van der Waals surface area contributed by atoms with Crippen LogP contribution in [0.25, 0.3) is 0 Å². The lowest BCUT2D eigenvalue weighted by molar-refractivity contribution is 0.174. The van der Waals surface area contributed by atoms with Crippen LogP contribution in [0.3, 0.4) is 0 Å². The Morgan fingerprint density at radius 1 is 1.10 bits per heavy atom. The van der Waals surface area contributed by atoms with Crippen molar-refractivity contribution >= 4 is 0 Å². The van der Waals surface area contributed by atoms with Gasteiger partial charge in [0.25, 0.3) is 0 Å². The maximum Gasteiger partial charge on any atom is 0.231 e. The van der Waals surface area contributed by atoms with Crippen molar-refractivity contribution in [3.63, 3.8) is 0 Å². The third kappa shape index (κ3) is 3.56. The van der Waals surface area contributed by atoms with E-state index in [-0.39, 0.29) is 18.4 Å². The summed E-state index contributed by atoms with van der Waals surface area (Å²) in [5.41, 5.74) is 8.92. The van der Waals surface area contributed by atoms with Crippen molar-refractivity contribution in [1.29, 1.82) is 5.26 Å². The topological polar surface area (TPSA) is 97.7 Å². The van der Waals surface area contributed by atoms with Gasteiger partial charge in [-0.25, -0.2) is 0 Å². The first-order valence-corrected chi connectivity index (χ1v) is 9.95. The van der Waals surface area contributed by atoms with Crippen LogP contribution >= 0.6 is 0 Å². The van der Waals surface area contributed by atoms with Crippen molar-refractivity contribution in [2.24, 2.45) is 5.73 Å². The molecule has 0 amide bonds. The molecule has 3 N–H and O–H groups in total. The SMILES string of the molecule is CCCCCCc1cc2c(cc1O)OC(N)=C(C#N)[C@H]2c1ccc2c(c1)OCO2. The van der Waals surface area contributed by atoms with Gasteiger partial charge >= 0.3 is 0 Å². The third-order valence-electron chi connectivity index (χ3n) is 5.45. The fraction of sp³-hybridized carbons (Fsp3) is 0.348. The number of fused-ring (bicyclic) bond motifs is 2. The van der Waals surface area contributed by atoms with Crippen LogP contribution in [0.2, 0.25) is 0 Å². The molecule has 6 heteroatoms. The number of rotatable bonds is 6. The van der Waals surface area contributed by atoms with Gasteiger partial charge in [-0.1, -0.05) is 32.3 Å². The zero-order valence-corrected chi connectivity index (χ0v) is 16.4. The monoisotopic (exact) mass is 392 g/mol. The number of allylic oxidation sites excluding steroid dienone is 1. The second-order valence-corrected chi connectivity index (χ2v) is 7.37. The molecular weight excluding hydrogens is 368 g/mol. The summed E-state index contributed by atoms with van der Waals surface area (Å²) in [5.74, 6) is 1.65. The summed E-state index contributed by atoms with van der Waals surface area (Å²) in [5, 5.41) is 20.2. The first kappa shape index (κ1) is 19.0. The predicted molar refractivity (Wildman–Crippen MR) is 108 cm³/mol. The van der Waals surface area contributed by atoms with E-state index in [9.17, 15) is 10.4 Å². The van der Waals surface area contributed by atoms with E-state index in [2.05, 4.69) is 13.0 Å². The second kappa shape index (κ2) is 7.96. The number of benzene rings is 2. The van der Waals surface area contributed by atoms with Gasteiger partial charge in [0.15, 0.2) is 11.5 Å². The van der Waals surface area contributed by atoms with Crippen molar-refractivity contribution in [2.45, 2.75) is 44.9 Å². The lowest BCUT2D eigenvalue weighted by atomic mass is 9.82. The van der Waals surface area contributed by atoms with Gasteiger partial charge < -0.3 is 25.1 Å². The first-order chi connectivity index (χ1) is 14.1. The summed E-state index contributed by atoms with van der Waals surface area (Å²) in [4.78, 5) is 0. The zero-order valence-electron chi connectivity index (χ0n) is 16.4. The Bertz CT molecular complexity index is 1010. The maximum absolute atomic E-state index is 10.5. The minimum Gasteiger partial charge on any atom is -0.508 e. The molecule has 150 valence electrons. The van der Waals surface area contributed by atoms with E-state index in [1.807, 2.05) is 24.3 Å². The molecule has 0 aliphatic carbocycles. The molecule has 0 spiro atoms. The summed E-state index contributed by atoms with van der Waals surface area (Å²) in [7, 11) is 0. The van der Waals surface area contributed by atoms with Gasteiger partial charge in [-0.2, -0.15) is 5.26 Å². The Morgan fingerprint density at radius 3 is 2.72 bits per heavy atom. The normalized spacial score (nSPS) is 16.9. The van der Waals surface area contributed by atoms with Gasteiger partial charge in [-0.05, 0) is 42.2 Å². The molecule has 4 rings (SSSR count). The highest BCUT2D eigenvalue weighted by Gasteiger charge is 2.32. The summed E-state index contributed by atoms with van der Waals surface area (Å²) in [6, 6.07) is 11.4. The van der Waals surface area contributed by atoms with Crippen LogP contribution in [-0.4, -0.2) is 11.9 Å². The van der Waals surface area contributed by atoms with Gasteiger partial charge in [0.1, 0.15) is 23.1 Å². The Morgan fingerprint density at radius 2 is 1.93 bits per heavy atom. The van der Waals surface area contributed by atoms with Gasteiger partial charge in [0, 0.05) is 11.6 Å². The maximum atomic E-state index is 10.5. The van der Waals surface area contributed by atoms with Gasteiger partial charge in [0.2, 0.25) is 12.7 Å². The quantitative estimate of drug-likeness (QED) is 0.704. The number of phenols is 1. The molecule has 2 heterocycles. The molecule has 0 radical (unpaired) electrons. The molecule has 0 saturated carbocycles. The molecule has 29 heavy (non-hydrogen) atoms. The van der Waals surface area contributed by atoms with Crippen LogP contribution in [-0.2, 0) is 6.42 Å². The van der Waals surface area contributed by atoms with Crippen molar-refractivity contribution in [2.75, 3.05) is 6.79 Å². The fourth-order valence-electron chi connectivity index (χ4n) is 3.92. The molecule has 0 bridgehead atoms. The Balaban J connectivity index is 1.75. The summed E-state index contributed by atoms with van der Waals surface area (Å²) in [6.07, 6.45) is 5.22. The van der Waals surface area contributed by atoms with Crippen LogP contribution < -0.4 is 19.9 Å². The van der Waals surface area contributed by atoms with Gasteiger partial charge in [-0.3, -0.25) is 0 Å². The van der Waals surface area contributed by atoms with Crippen LogP contribution in [0.4, 0.5) is 0 Å². The van der Waals surface area contributed by atoms with Crippen LogP contribution in [0.15, 0.2) is 41.8 Å². The Kier molecular flexibility index (Phi) is 5.22. The molecule has 0 fully saturated rings. The number of phenolic OH excluding ortho intramolecular Hbond substituents is 1. The first-order valence-electron chi connectivity index (χ1n) is 9.95. The number of unbranched alkanes of at least 4 members (excludes halogenated alkanes) is 3. The molecule has 0 unspecified atom stereocenters. The van der Waals surface area contributed by atoms with Crippen LogP contribution in [0, 0.1) is 11.3 Å². The number of aromatic hydroxyl groups is 1. The van der Waals surface area contributed by atoms with E-state index in [4.69, 9.17) is 19.9 Å². The molecule has 2 aromatic carbocycles. The third-order valence-corrected chi connectivity index (χ3v) is 5.45. The lowest BCUT2D eigenvalue weighted by Crippen LogP contribution is -2.21. The minimum atomic E-state index is -0.395. The largest absolute Gasteiger partial charge is 0.508 e. The van der Waals surface area contributed by atoms with Crippen LogP contribution in [0.1, 0.15) is 55.2 Å². The molecule has 2 aliphatic rings. The molecule has 2 aliphatic heterocycles. The number of ether oxygens (including phenoxy) is 3. The number of nitrogens with zero attached hydrogens (tertiary/aromatic N) is 1. The highest BCUT2D eigenvalue weighted by molar-refractivity contribution is 5.60. The van der Waals surface area contributed by atoms with E-state index >= 15 is 0 Å². The van der Waals surface area contributed by atoms with Crippen molar-refractivity contribution in [1.82, 2.24) is 0 Å². The Labute approximate surface area is 170 Å². The summed E-state index contributed by atoms with van der Waals surface area (Å²) in [6.45, 7) is 2.35. The molecule has 2 aromatic rings.